The van der Waals surface area contributed by atoms with Gasteiger partial charge in [0.05, 0.1) is 6.61 Å². The molecule has 1 N–H and O–H groups in total. The van der Waals surface area contributed by atoms with E-state index in [-0.39, 0.29) is 17.9 Å². The number of carbonyl (C=O) groups excluding carboxylic acids is 1. The van der Waals surface area contributed by atoms with Gasteiger partial charge in [0.15, 0.2) is 0 Å². The maximum absolute atomic E-state index is 12.8. The van der Waals surface area contributed by atoms with E-state index >= 15 is 0 Å². The third kappa shape index (κ3) is 4.79. The van der Waals surface area contributed by atoms with Gasteiger partial charge in [-0.15, -0.1) is 11.8 Å². The van der Waals surface area contributed by atoms with Gasteiger partial charge in [0.25, 0.3) is 5.91 Å². The van der Waals surface area contributed by atoms with Crippen molar-refractivity contribution in [3.8, 4) is 0 Å². The summed E-state index contributed by atoms with van der Waals surface area (Å²) < 4.78 is 11.8. The van der Waals surface area contributed by atoms with E-state index in [9.17, 15) is 14.7 Å². The number of carboxylic acid groups (broad SMARTS) is 1. The predicted octanol–water partition coefficient (Wildman–Crippen LogP) is 2.92. The van der Waals surface area contributed by atoms with E-state index in [0.29, 0.717) is 18.3 Å². The number of ether oxygens (including phenoxy) is 2. The molecular formula is C18H22BrNO5S. The number of amides is 1. The molecule has 2 unspecified atom stereocenters. The molecule has 3 rings (SSSR count). The molecule has 8 heteroatoms. The summed E-state index contributed by atoms with van der Waals surface area (Å²) >= 11 is 4.90. The Morgan fingerprint density at radius 2 is 2.12 bits per heavy atom. The first kappa shape index (κ1) is 19.7. The third-order valence-corrected chi connectivity index (χ3v) is 6.44. The van der Waals surface area contributed by atoms with Crippen LogP contribution in [0.2, 0.25) is 0 Å². The Morgan fingerprint density at radius 1 is 1.35 bits per heavy atom. The number of halogens is 1. The highest BCUT2D eigenvalue weighted by atomic mass is 79.9. The second-order valence-electron chi connectivity index (χ2n) is 6.47. The monoisotopic (exact) mass is 443 g/mol. The number of rotatable bonds is 6. The smallest absolute Gasteiger partial charge is 0.327 e. The third-order valence-electron chi connectivity index (χ3n) is 4.63. The number of nitrogens with zero attached hydrogens (tertiary/aromatic N) is 1. The van der Waals surface area contributed by atoms with E-state index < -0.39 is 12.0 Å². The zero-order chi connectivity index (χ0) is 18.5. The van der Waals surface area contributed by atoms with E-state index in [1.807, 2.05) is 24.3 Å². The van der Waals surface area contributed by atoms with Crippen LogP contribution in [0.25, 0.3) is 0 Å². The Kier molecular flexibility index (Phi) is 6.97. The van der Waals surface area contributed by atoms with E-state index in [1.54, 1.807) is 0 Å². The molecule has 0 aromatic heterocycles. The Bertz CT molecular complexity index is 652. The molecule has 0 spiro atoms. The van der Waals surface area contributed by atoms with Crippen molar-refractivity contribution in [3.05, 3.63) is 34.3 Å². The summed E-state index contributed by atoms with van der Waals surface area (Å²) in [7, 11) is 0. The Morgan fingerprint density at radius 3 is 2.81 bits per heavy atom. The van der Waals surface area contributed by atoms with Crippen LogP contribution >= 0.6 is 27.7 Å². The average Bonchev–Trinajstić information content (AvgIpc) is 3.08. The van der Waals surface area contributed by atoms with E-state index in [4.69, 9.17) is 9.47 Å². The van der Waals surface area contributed by atoms with Crippen molar-refractivity contribution in [3.63, 3.8) is 0 Å². The molecule has 1 amide bonds. The van der Waals surface area contributed by atoms with Crippen LogP contribution in [0.1, 0.15) is 23.8 Å². The maximum atomic E-state index is 12.8. The lowest BCUT2D eigenvalue weighted by Crippen LogP contribution is -2.44. The number of aliphatic carboxylic acids is 1. The van der Waals surface area contributed by atoms with E-state index in [1.165, 1.54) is 16.7 Å². The Hall–Kier alpha value is -1.09. The van der Waals surface area contributed by atoms with Gasteiger partial charge in [-0.1, -0.05) is 28.1 Å². The second kappa shape index (κ2) is 9.21. The van der Waals surface area contributed by atoms with Gasteiger partial charge in [0.1, 0.15) is 18.0 Å². The van der Waals surface area contributed by atoms with Gasteiger partial charge in [-0.25, -0.2) is 4.79 Å². The van der Waals surface area contributed by atoms with Gasteiger partial charge >= 0.3 is 5.97 Å². The molecule has 2 aliphatic rings. The molecule has 2 saturated heterocycles. The molecule has 6 nitrogen and oxygen atoms in total. The molecule has 1 aromatic rings. The number of carbonyl (C=O) groups is 2. The van der Waals surface area contributed by atoms with Crippen molar-refractivity contribution in [2.45, 2.75) is 24.3 Å². The molecule has 2 aliphatic heterocycles. The summed E-state index contributed by atoms with van der Waals surface area (Å²) in [5, 5.41) is 9.20. The highest BCUT2D eigenvalue weighted by Gasteiger charge is 2.42. The molecule has 2 fully saturated rings. The summed E-state index contributed by atoms with van der Waals surface area (Å²) in [6, 6.07) is 6.79. The topological polar surface area (TPSA) is 76.1 Å². The van der Waals surface area contributed by atoms with Gasteiger partial charge < -0.3 is 19.5 Å². The van der Waals surface area contributed by atoms with Crippen molar-refractivity contribution in [2.75, 3.05) is 32.2 Å². The minimum atomic E-state index is -0.979. The van der Waals surface area contributed by atoms with Crippen LogP contribution in [0.3, 0.4) is 0 Å². The van der Waals surface area contributed by atoms with Crippen molar-refractivity contribution >= 4 is 39.6 Å². The lowest BCUT2D eigenvalue weighted by atomic mass is 10.0. The first-order valence-electron chi connectivity index (χ1n) is 8.63. The minimum Gasteiger partial charge on any atom is -0.480 e. The van der Waals surface area contributed by atoms with Crippen LogP contribution in [-0.4, -0.2) is 60.1 Å². The molecule has 2 heterocycles. The fraction of sp³-hybridized carbons (Fsp3) is 0.556. The quantitative estimate of drug-likeness (QED) is 0.728. The zero-order valence-electron chi connectivity index (χ0n) is 14.3. The molecule has 26 heavy (non-hydrogen) atoms. The Labute approximate surface area is 165 Å². The SMILES string of the molecule is O=C(O)C1CSC(c2cccc(Br)c2)N1C(=O)COCC1CCOCC1. The maximum Gasteiger partial charge on any atom is 0.327 e. The highest BCUT2D eigenvalue weighted by molar-refractivity contribution is 9.10. The zero-order valence-corrected chi connectivity index (χ0v) is 16.7. The fourth-order valence-electron chi connectivity index (χ4n) is 3.22. The van der Waals surface area contributed by atoms with Gasteiger partial charge in [-0.05, 0) is 36.5 Å². The number of carboxylic acids is 1. The molecular weight excluding hydrogens is 422 g/mol. The van der Waals surface area contributed by atoms with Crippen LogP contribution in [-0.2, 0) is 19.1 Å². The van der Waals surface area contributed by atoms with Crippen LogP contribution < -0.4 is 0 Å². The molecule has 0 saturated carbocycles. The van der Waals surface area contributed by atoms with Crippen LogP contribution in [0.15, 0.2) is 28.7 Å². The molecule has 142 valence electrons. The minimum absolute atomic E-state index is 0.0911. The summed E-state index contributed by atoms with van der Waals surface area (Å²) in [5.74, 6) is -0.481. The number of thioether (sulfide) groups is 1. The molecule has 1 aromatic carbocycles. The van der Waals surface area contributed by atoms with Crippen molar-refractivity contribution in [1.82, 2.24) is 4.90 Å². The Balaban J connectivity index is 1.65. The first-order valence-corrected chi connectivity index (χ1v) is 10.5. The molecule has 0 radical (unpaired) electrons. The van der Waals surface area contributed by atoms with Gasteiger partial charge in [0, 0.05) is 23.4 Å². The van der Waals surface area contributed by atoms with Crippen molar-refractivity contribution in [1.29, 1.82) is 0 Å². The van der Waals surface area contributed by atoms with E-state index in [2.05, 4.69) is 15.9 Å². The normalized spacial score (nSPS) is 24.0. The first-order chi connectivity index (χ1) is 12.6. The van der Waals surface area contributed by atoms with Crippen LogP contribution in [0.5, 0.6) is 0 Å². The fourth-order valence-corrected chi connectivity index (χ4v) is 5.07. The van der Waals surface area contributed by atoms with Gasteiger partial charge in [-0.2, -0.15) is 0 Å². The molecule has 0 aliphatic carbocycles. The van der Waals surface area contributed by atoms with Crippen molar-refractivity contribution < 1.29 is 24.2 Å². The van der Waals surface area contributed by atoms with Crippen LogP contribution in [0, 0.1) is 5.92 Å². The van der Waals surface area contributed by atoms with Gasteiger partial charge in [0.2, 0.25) is 0 Å². The number of hydrogen-bond donors (Lipinski definition) is 1. The summed E-state index contributed by atoms with van der Waals surface area (Å²) in [5.41, 5.74) is 0.908. The summed E-state index contributed by atoms with van der Waals surface area (Å²) in [6.45, 7) is 1.88. The lowest BCUT2D eigenvalue weighted by Gasteiger charge is -2.28. The van der Waals surface area contributed by atoms with E-state index in [0.717, 1.165) is 36.1 Å². The summed E-state index contributed by atoms with van der Waals surface area (Å²) in [6.07, 6.45) is 1.87. The largest absolute Gasteiger partial charge is 0.480 e. The lowest BCUT2D eigenvalue weighted by molar-refractivity contribution is -0.151. The standard InChI is InChI=1S/C18H22BrNO5S/c19-14-3-1-2-13(8-14)17-20(15(11-26-17)18(22)23)16(21)10-25-9-12-4-6-24-7-5-12/h1-3,8,12,15,17H,4-7,9-11H2,(H,22,23). The summed E-state index contributed by atoms with van der Waals surface area (Å²) in [4.78, 5) is 25.8. The average molecular weight is 444 g/mol. The molecule has 2 atom stereocenters. The predicted molar refractivity (Wildman–Crippen MR) is 102 cm³/mol. The van der Waals surface area contributed by atoms with Crippen molar-refractivity contribution in [2.24, 2.45) is 5.92 Å². The number of hydrogen-bond acceptors (Lipinski definition) is 5. The van der Waals surface area contributed by atoms with Gasteiger partial charge in [-0.3, -0.25) is 4.79 Å². The number of benzene rings is 1. The molecule has 0 bridgehead atoms. The van der Waals surface area contributed by atoms with Crippen LogP contribution in [0.4, 0.5) is 0 Å². The highest BCUT2D eigenvalue weighted by Crippen LogP contribution is 2.42. The second-order valence-corrected chi connectivity index (χ2v) is 8.50.